The van der Waals surface area contributed by atoms with Gasteiger partial charge in [0.25, 0.3) is 10.1 Å². The Kier molecular flexibility index (Phi) is 11.0. The van der Waals surface area contributed by atoms with Crippen LogP contribution in [0.5, 0.6) is 0 Å². The van der Waals surface area contributed by atoms with E-state index in [1.54, 1.807) is 0 Å². The molecule has 0 unspecified atom stereocenters. The lowest BCUT2D eigenvalue weighted by atomic mass is 10.1. The molecule has 0 rings (SSSR count). The van der Waals surface area contributed by atoms with E-state index in [-0.39, 0.29) is 0 Å². The van der Waals surface area contributed by atoms with Gasteiger partial charge in [-0.1, -0.05) is 71.1 Å². The van der Waals surface area contributed by atoms with Crippen LogP contribution in [-0.2, 0) is 10.1 Å². The van der Waals surface area contributed by atoms with E-state index >= 15 is 0 Å². The van der Waals surface area contributed by atoms with Gasteiger partial charge < -0.3 is 0 Å². The van der Waals surface area contributed by atoms with E-state index in [9.17, 15) is 8.42 Å². The van der Waals surface area contributed by atoms with E-state index in [2.05, 4.69) is 6.92 Å². The van der Waals surface area contributed by atoms with E-state index in [0.29, 0.717) is 6.42 Å². The Balaban J connectivity index is 3.04. The first kappa shape index (κ1) is 16.9. The van der Waals surface area contributed by atoms with Crippen molar-refractivity contribution in [2.24, 2.45) is 0 Å². The summed E-state index contributed by atoms with van der Waals surface area (Å²) in [5.74, 6) is 0.998. The van der Waals surface area contributed by atoms with Gasteiger partial charge in [-0.25, -0.2) is 0 Å². The number of rotatable bonds is 12. The lowest BCUT2D eigenvalue weighted by Crippen LogP contribution is -1.96. The number of hydrogen-bond donors (Lipinski definition) is 1. The van der Waals surface area contributed by atoms with Gasteiger partial charge in [-0.2, -0.15) is 8.42 Å². The second kappa shape index (κ2) is 11.0. The summed E-state index contributed by atoms with van der Waals surface area (Å²) >= 11 is 0. The average Bonchev–Trinajstić information content (AvgIpc) is 2.24. The molecule has 17 heavy (non-hydrogen) atoms. The highest BCUT2D eigenvalue weighted by atomic mass is 32.2. The van der Waals surface area contributed by atoms with Crippen LogP contribution in [0, 0.1) is 5.75 Å². The predicted molar refractivity (Wildman–Crippen MR) is 72.3 cm³/mol. The highest BCUT2D eigenvalue weighted by Gasteiger charge is 2.03. The summed E-state index contributed by atoms with van der Waals surface area (Å²) in [4.78, 5) is 0. The first-order valence-electron chi connectivity index (χ1n) is 6.87. The third-order valence-electron chi connectivity index (χ3n) is 2.89. The zero-order valence-electron chi connectivity index (χ0n) is 11.0. The van der Waals surface area contributed by atoms with Crippen LogP contribution in [-0.4, -0.2) is 13.0 Å². The molecule has 0 aromatic heterocycles. The SMILES string of the molecule is CCCCCCCCCCCC[CH]S(=O)(=O)O. The Morgan fingerprint density at radius 3 is 1.65 bits per heavy atom. The molecule has 0 aromatic carbocycles. The average molecular weight is 263 g/mol. The first-order valence-corrected chi connectivity index (χ1v) is 8.37. The van der Waals surface area contributed by atoms with Crippen LogP contribution in [0.1, 0.15) is 77.6 Å². The summed E-state index contributed by atoms with van der Waals surface area (Å²) in [5.41, 5.74) is 0. The molecule has 0 saturated heterocycles. The van der Waals surface area contributed by atoms with Crippen molar-refractivity contribution in [2.45, 2.75) is 77.6 Å². The fourth-order valence-electron chi connectivity index (χ4n) is 1.86. The molecule has 4 heteroatoms. The lowest BCUT2D eigenvalue weighted by molar-refractivity contribution is 0.486. The topological polar surface area (TPSA) is 54.4 Å². The lowest BCUT2D eigenvalue weighted by Gasteiger charge is -2.01. The van der Waals surface area contributed by atoms with E-state index < -0.39 is 10.1 Å². The minimum atomic E-state index is -3.86. The van der Waals surface area contributed by atoms with Gasteiger partial charge in [0.15, 0.2) is 0 Å². The van der Waals surface area contributed by atoms with Crippen LogP contribution in [0.4, 0.5) is 0 Å². The molecule has 0 heterocycles. The third-order valence-corrected chi connectivity index (χ3v) is 3.54. The molecule has 1 radical (unpaired) electrons. The van der Waals surface area contributed by atoms with Crippen molar-refractivity contribution in [1.82, 2.24) is 0 Å². The molecule has 0 aliphatic heterocycles. The Labute approximate surface area is 107 Å². The molecule has 0 spiro atoms. The molecule has 3 nitrogen and oxygen atoms in total. The van der Waals surface area contributed by atoms with Gasteiger partial charge in [-0.3, -0.25) is 4.55 Å². The molecule has 0 saturated carbocycles. The first-order chi connectivity index (χ1) is 8.06. The quantitative estimate of drug-likeness (QED) is 0.421. The zero-order chi connectivity index (χ0) is 13.0. The summed E-state index contributed by atoms with van der Waals surface area (Å²) in [6.45, 7) is 2.23. The molecular formula is C13H27O3S. The Hall–Kier alpha value is -0.0900. The highest BCUT2D eigenvalue weighted by Crippen LogP contribution is 2.12. The summed E-state index contributed by atoms with van der Waals surface area (Å²) in [6, 6.07) is 0. The van der Waals surface area contributed by atoms with Crippen molar-refractivity contribution in [1.29, 1.82) is 0 Å². The van der Waals surface area contributed by atoms with Crippen LogP contribution in [0.15, 0.2) is 0 Å². The number of unbranched alkanes of at least 4 members (excludes halogenated alkanes) is 10. The maximum atomic E-state index is 10.4. The minimum Gasteiger partial charge on any atom is -0.285 e. The molecule has 0 bridgehead atoms. The fraction of sp³-hybridized carbons (Fsp3) is 0.923. The molecular weight excluding hydrogens is 236 g/mol. The van der Waals surface area contributed by atoms with Crippen LogP contribution in [0.2, 0.25) is 0 Å². The molecule has 103 valence electrons. The van der Waals surface area contributed by atoms with Gasteiger partial charge in [-0.05, 0) is 6.42 Å². The Morgan fingerprint density at radius 2 is 1.24 bits per heavy atom. The number of hydrogen-bond acceptors (Lipinski definition) is 2. The normalized spacial score (nSPS) is 11.9. The van der Waals surface area contributed by atoms with Crippen molar-refractivity contribution in [2.75, 3.05) is 0 Å². The summed E-state index contributed by atoms with van der Waals surface area (Å²) in [7, 11) is -3.86. The van der Waals surface area contributed by atoms with Crippen molar-refractivity contribution in [3.05, 3.63) is 5.75 Å². The molecule has 0 aromatic rings. The molecule has 0 aliphatic rings. The van der Waals surface area contributed by atoms with Crippen LogP contribution >= 0.6 is 0 Å². The Bertz CT molecular complexity index is 247. The van der Waals surface area contributed by atoms with E-state index in [1.807, 2.05) is 0 Å². The van der Waals surface area contributed by atoms with Gasteiger partial charge in [0.05, 0.1) is 0 Å². The molecule has 0 aliphatic carbocycles. The molecule has 0 amide bonds. The zero-order valence-corrected chi connectivity index (χ0v) is 11.8. The van der Waals surface area contributed by atoms with Crippen LogP contribution in [0.25, 0.3) is 0 Å². The smallest absolute Gasteiger partial charge is 0.269 e. The summed E-state index contributed by atoms with van der Waals surface area (Å²) in [6.07, 6.45) is 12.8. The van der Waals surface area contributed by atoms with Crippen LogP contribution < -0.4 is 0 Å². The summed E-state index contributed by atoms with van der Waals surface area (Å²) in [5, 5.41) is 0. The van der Waals surface area contributed by atoms with Gasteiger partial charge in [0.1, 0.15) is 5.75 Å². The highest BCUT2D eigenvalue weighted by molar-refractivity contribution is 7.87. The molecule has 0 fully saturated rings. The van der Waals surface area contributed by atoms with E-state index in [0.717, 1.165) is 18.6 Å². The minimum absolute atomic E-state index is 0.468. The van der Waals surface area contributed by atoms with Crippen molar-refractivity contribution in [3.8, 4) is 0 Å². The fourth-order valence-corrected chi connectivity index (χ4v) is 2.33. The maximum Gasteiger partial charge on any atom is 0.269 e. The largest absolute Gasteiger partial charge is 0.285 e. The van der Waals surface area contributed by atoms with E-state index in [1.165, 1.54) is 51.4 Å². The Morgan fingerprint density at radius 1 is 0.824 bits per heavy atom. The van der Waals surface area contributed by atoms with E-state index in [4.69, 9.17) is 4.55 Å². The van der Waals surface area contributed by atoms with Crippen LogP contribution in [0.3, 0.4) is 0 Å². The maximum absolute atomic E-state index is 10.4. The van der Waals surface area contributed by atoms with Gasteiger partial charge in [0.2, 0.25) is 0 Å². The van der Waals surface area contributed by atoms with Crippen molar-refractivity contribution < 1.29 is 13.0 Å². The molecule has 0 atom stereocenters. The van der Waals surface area contributed by atoms with Crippen molar-refractivity contribution in [3.63, 3.8) is 0 Å². The second-order valence-corrected chi connectivity index (χ2v) is 6.02. The van der Waals surface area contributed by atoms with Gasteiger partial charge in [0, 0.05) is 0 Å². The summed E-state index contributed by atoms with van der Waals surface area (Å²) < 4.78 is 29.3. The van der Waals surface area contributed by atoms with Gasteiger partial charge in [-0.15, -0.1) is 0 Å². The van der Waals surface area contributed by atoms with Gasteiger partial charge >= 0.3 is 0 Å². The molecule has 1 N–H and O–H groups in total. The third kappa shape index (κ3) is 15.9. The standard InChI is InChI=1S/C13H27O3S/c1-2-3-4-5-6-7-8-9-10-11-12-13-17(14,15)16/h13H,2-12H2,1H3,(H,14,15,16). The monoisotopic (exact) mass is 263 g/mol. The van der Waals surface area contributed by atoms with Crippen molar-refractivity contribution >= 4 is 10.1 Å². The predicted octanol–water partition coefficient (Wildman–Crippen LogP) is 4.35. The second-order valence-electron chi connectivity index (χ2n) is 4.65.